The maximum absolute atomic E-state index is 4.37. The van der Waals surface area contributed by atoms with Gasteiger partial charge in [-0.25, -0.2) is 10.2 Å². The van der Waals surface area contributed by atoms with Crippen molar-refractivity contribution >= 4 is 34.1 Å². The maximum atomic E-state index is 4.37. The molecule has 10 nitrogen and oxygen atoms in total. The molecule has 0 fully saturated rings. The van der Waals surface area contributed by atoms with E-state index < -0.39 is 5.41 Å². The van der Waals surface area contributed by atoms with E-state index in [4.69, 9.17) is 0 Å². The van der Waals surface area contributed by atoms with E-state index in [9.17, 15) is 0 Å². The zero-order chi connectivity index (χ0) is 40.3. The summed E-state index contributed by atoms with van der Waals surface area (Å²) in [6.45, 7) is 0. The molecule has 0 saturated heterocycles. The van der Waals surface area contributed by atoms with E-state index in [0.717, 1.165) is 78.6 Å². The average molecular weight is 787 g/mol. The minimum atomic E-state index is -0.799. The molecule has 0 aliphatic heterocycles. The SMILES string of the molecule is c1ccc(N(c2ccccc2)c2ccc3c(c2)C2(c4cc(-c5nnn[nH]5)ccc4-c4ccc(-c5nnn[nH]5)cc42)c2cc(N(c4ccccc4)c4ccccc4)ccc2-3)cc1. The molecule has 2 N–H and O–H groups in total. The summed E-state index contributed by atoms with van der Waals surface area (Å²) in [6, 6.07) is 69.3. The highest BCUT2D eigenvalue weighted by Crippen LogP contribution is 2.64. The number of anilines is 6. The number of hydrogen-bond acceptors (Lipinski definition) is 8. The normalized spacial score (nSPS) is 12.7. The Bertz CT molecular complexity index is 2890. The lowest BCUT2D eigenvalue weighted by atomic mass is 9.70. The number of nitrogens with zero attached hydrogens (tertiary/aromatic N) is 8. The summed E-state index contributed by atoms with van der Waals surface area (Å²) >= 11 is 0. The molecule has 288 valence electrons. The standard InChI is InChI=1S/C51H34N10/c1-5-13-35(14-6-1)60(36-15-7-2-8-16-36)39-23-27-43-44-28-24-40(61(37-17-9-3-10-18-37)38-19-11-4-12-20-38)32-48(44)51(47(43)31-39)45-29-33(49-52-56-57-53-49)21-25-41(45)42-26-22-34(30-46(42)51)50-54-58-59-55-50/h1-32H,(H,52,53,56,57)(H,54,55,58,59). The van der Waals surface area contributed by atoms with Crippen LogP contribution >= 0.6 is 0 Å². The van der Waals surface area contributed by atoms with Gasteiger partial charge < -0.3 is 9.80 Å². The van der Waals surface area contributed by atoms with Gasteiger partial charge in [-0.05, 0) is 150 Å². The van der Waals surface area contributed by atoms with Gasteiger partial charge in [0.1, 0.15) is 0 Å². The average Bonchev–Trinajstić information content (AvgIpc) is 4.16. The molecule has 2 aliphatic rings. The Morgan fingerprint density at radius 2 is 0.656 bits per heavy atom. The van der Waals surface area contributed by atoms with Crippen LogP contribution in [0.5, 0.6) is 0 Å². The van der Waals surface area contributed by atoms with E-state index in [1.807, 2.05) is 0 Å². The third-order valence-corrected chi connectivity index (χ3v) is 12.1. The first kappa shape index (κ1) is 34.5. The Kier molecular flexibility index (Phi) is 7.82. The maximum Gasteiger partial charge on any atom is 0.179 e. The Morgan fingerprint density at radius 3 is 0.984 bits per heavy atom. The van der Waals surface area contributed by atoms with Crippen LogP contribution in [0.25, 0.3) is 45.0 Å². The molecule has 8 aromatic carbocycles. The fraction of sp³-hybridized carbons (Fsp3) is 0.0196. The number of rotatable bonds is 8. The zero-order valence-corrected chi connectivity index (χ0v) is 32.6. The number of hydrogen-bond donors (Lipinski definition) is 2. The Labute approximate surface area is 350 Å². The lowest BCUT2D eigenvalue weighted by Gasteiger charge is -2.33. The predicted molar refractivity (Wildman–Crippen MR) is 238 cm³/mol. The van der Waals surface area contributed by atoms with Crippen LogP contribution in [0, 0.1) is 0 Å². The predicted octanol–water partition coefficient (Wildman–Crippen LogP) is 11.3. The first-order valence-electron chi connectivity index (χ1n) is 20.1. The molecular weight excluding hydrogens is 753 g/mol. The van der Waals surface area contributed by atoms with Crippen molar-refractivity contribution in [3.05, 3.63) is 216 Å². The van der Waals surface area contributed by atoms with Crippen LogP contribution in [0.4, 0.5) is 34.1 Å². The number of para-hydroxylation sites is 4. The number of tetrazole rings is 2. The van der Waals surface area contributed by atoms with Crippen LogP contribution in [-0.4, -0.2) is 41.2 Å². The quantitative estimate of drug-likeness (QED) is 0.156. The summed E-state index contributed by atoms with van der Waals surface area (Å²) in [4.78, 5) is 4.66. The minimum absolute atomic E-state index is 0.599. The van der Waals surface area contributed by atoms with Crippen molar-refractivity contribution in [3.63, 3.8) is 0 Å². The smallest absolute Gasteiger partial charge is 0.179 e. The van der Waals surface area contributed by atoms with Crippen molar-refractivity contribution in [3.8, 4) is 45.0 Å². The Hall–Kier alpha value is -8.50. The van der Waals surface area contributed by atoms with Gasteiger partial charge >= 0.3 is 0 Å². The van der Waals surface area contributed by atoms with Gasteiger partial charge in [-0.2, -0.15) is 0 Å². The lowest BCUT2D eigenvalue weighted by molar-refractivity contribution is 0.793. The minimum Gasteiger partial charge on any atom is -0.310 e. The van der Waals surface area contributed by atoms with Crippen LogP contribution in [0.3, 0.4) is 0 Å². The number of fused-ring (bicyclic) bond motifs is 10. The molecule has 1 spiro atoms. The molecule has 0 saturated carbocycles. The van der Waals surface area contributed by atoms with E-state index in [1.54, 1.807) is 0 Å². The van der Waals surface area contributed by atoms with Crippen LogP contribution in [0.2, 0.25) is 0 Å². The van der Waals surface area contributed by atoms with Crippen molar-refractivity contribution in [1.29, 1.82) is 0 Å². The summed E-state index contributed by atoms with van der Waals surface area (Å²) < 4.78 is 0. The van der Waals surface area contributed by atoms with Crippen molar-refractivity contribution in [2.75, 3.05) is 9.80 Å². The monoisotopic (exact) mass is 786 g/mol. The van der Waals surface area contributed by atoms with Gasteiger partial charge in [0, 0.05) is 45.3 Å². The van der Waals surface area contributed by atoms with Gasteiger partial charge in [-0.1, -0.05) is 109 Å². The third-order valence-electron chi connectivity index (χ3n) is 12.1. The van der Waals surface area contributed by atoms with E-state index in [2.05, 4.69) is 245 Å². The highest BCUT2D eigenvalue weighted by molar-refractivity contribution is 5.99. The number of nitrogens with one attached hydrogen (secondary N) is 2. The van der Waals surface area contributed by atoms with E-state index in [-0.39, 0.29) is 0 Å². The van der Waals surface area contributed by atoms with Crippen LogP contribution in [0.15, 0.2) is 194 Å². The second-order valence-corrected chi connectivity index (χ2v) is 15.2. The van der Waals surface area contributed by atoms with E-state index in [0.29, 0.717) is 11.6 Å². The zero-order valence-electron chi connectivity index (χ0n) is 32.6. The second kappa shape index (κ2) is 13.8. The Morgan fingerprint density at radius 1 is 0.328 bits per heavy atom. The van der Waals surface area contributed by atoms with Crippen molar-refractivity contribution in [2.24, 2.45) is 0 Å². The number of aromatic amines is 2. The molecular formula is C51H34N10. The molecule has 2 heterocycles. The number of benzene rings is 8. The summed E-state index contributed by atoms with van der Waals surface area (Å²) in [7, 11) is 0. The third kappa shape index (κ3) is 5.36. The van der Waals surface area contributed by atoms with E-state index >= 15 is 0 Å². The molecule has 10 heteroatoms. The molecule has 0 atom stereocenters. The van der Waals surface area contributed by atoms with Gasteiger partial charge in [0.25, 0.3) is 0 Å². The largest absolute Gasteiger partial charge is 0.310 e. The van der Waals surface area contributed by atoms with Crippen LogP contribution in [0.1, 0.15) is 22.3 Å². The van der Waals surface area contributed by atoms with Crippen molar-refractivity contribution in [2.45, 2.75) is 5.41 Å². The van der Waals surface area contributed by atoms with Gasteiger partial charge in [-0.15, -0.1) is 10.2 Å². The molecule has 2 aliphatic carbocycles. The molecule has 0 unspecified atom stereocenters. The lowest BCUT2D eigenvalue weighted by Crippen LogP contribution is -2.27. The van der Waals surface area contributed by atoms with E-state index in [1.165, 1.54) is 11.1 Å². The van der Waals surface area contributed by atoms with Crippen LogP contribution < -0.4 is 9.80 Å². The van der Waals surface area contributed by atoms with Gasteiger partial charge in [0.15, 0.2) is 11.6 Å². The summed E-state index contributed by atoms with van der Waals surface area (Å²) in [6.07, 6.45) is 0. The second-order valence-electron chi connectivity index (χ2n) is 15.2. The topological polar surface area (TPSA) is 115 Å². The fourth-order valence-electron chi connectivity index (χ4n) is 9.54. The summed E-state index contributed by atoms with van der Waals surface area (Å²) in [5.41, 5.74) is 16.5. The first-order valence-corrected chi connectivity index (χ1v) is 20.1. The molecule has 2 aromatic heterocycles. The fourth-order valence-corrected chi connectivity index (χ4v) is 9.54. The van der Waals surface area contributed by atoms with Crippen LogP contribution in [-0.2, 0) is 5.41 Å². The van der Waals surface area contributed by atoms with Gasteiger partial charge in [0.2, 0.25) is 0 Å². The highest BCUT2D eigenvalue weighted by Gasteiger charge is 2.52. The first-order chi connectivity index (χ1) is 30.3. The summed E-state index contributed by atoms with van der Waals surface area (Å²) in [5, 5.41) is 30.6. The number of aromatic nitrogens is 8. The summed E-state index contributed by atoms with van der Waals surface area (Å²) in [5.74, 6) is 1.20. The van der Waals surface area contributed by atoms with Gasteiger partial charge in [-0.3, -0.25) is 0 Å². The molecule has 61 heavy (non-hydrogen) atoms. The molecule has 12 rings (SSSR count). The number of H-pyrrole nitrogens is 2. The highest BCUT2D eigenvalue weighted by atomic mass is 15.5. The van der Waals surface area contributed by atoms with Crippen molar-refractivity contribution in [1.82, 2.24) is 41.2 Å². The molecule has 0 amide bonds. The molecule has 0 radical (unpaired) electrons. The molecule has 10 aromatic rings. The van der Waals surface area contributed by atoms with Crippen molar-refractivity contribution < 1.29 is 0 Å². The Balaban J connectivity index is 1.19. The van der Waals surface area contributed by atoms with Gasteiger partial charge in [0.05, 0.1) is 5.41 Å². The molecule has 0 bridgehead atoms.